The predicted molar refractivity (Wildman–Crippen MR) is 382 cm³/mol. The maximum atomic E-state index is 13.4. The van der Waals surface area contributed by atoms with Crippen LogP contribution in [-0.2, 0) is 23.7 Å². The van der Waals surface area contributed by atoms with E-state index in [2.05, 4.69) is 116 Å². The number of ether oxygens (including phenoxy) is 4. The second-order valence-corrected chi connectivity index (χ2v) is 26.0. The fourth-order valence-corrected chi connectivity index (χ4v) is 11.8. The van der Waals surface area contributed by atoms with Crippen molar-refractivity contribution in [2.24, 2.45) is 0 Å². The van der Waals surface area contributed by atoms with Crippen LogP contribution in [0.4, 0.5) is 0 Å². The topological polar surface area (TPSA) is 228 Å². The Morgan fingerprint density at radius 1 is 0.398 bits per heavy atom. The minimum atomic E-state index is -1.80. The quantitative estimate of drug-likeness (QED) is 0.0204. The van der Waals surface area contributed by atoms with Gasteiger partial charge in [0.1, 0.15) is 48.8 Å². The van der Waals surface area contributed by atoms with Crippen molar-refractivity contribution in [3.8, 4) is 0 Å². The van der Waals surface area contributed by atoms with Crippen molar-refractivity contribution in [2.75, 3.05) is 19.8 Å². The standard InChI is InChI=1S/C79H137NO13/c1-3-5-7-9-11-13-15-17-19-21-23-25-27-29-31-32-33-34-35-36-37-39-41-43-45-47-49-51-53-55-57-59-61-63-71(84)80-67(66-90-78-76(89)74(87)77(70(65-82)92-78)93-79-75(88)73(86)72(85)69(64-81)91-79)68(83)62-60-58-56-54-52-50-48-46-44-42-40-38-30-28-26-24-22-20-18-16-14-12-10-8-6-4-2/h5,7,11,13,17,19,23,25,29,31,33-34,36-37,52,54,60,62,67-70,72-79,81-83,85-89H,3-4,6,8-10,12,14-16,18,20-22,24,26-28,30,32,35,38-51,53,55-59,61,63-66H2,1-2H3,(H,80,84)/b7-5-,13-11-,19-17-,25-23-,31-29-,34-33-,37-36-,54-52+,62-60+. The van der Waals surface area contributed by atoms with Crippen LogP contribution >= 0.6 is 0 Å². The van der Waals surface area contributed by atoms with E-state index in [0.29, 0.717) is 12.8 Å². The molecule has 0 aromatic rings. The van der Waals surface area contributed by atoms with Crippen molar-refractivity contribution in [1.29, 1.82) is 0 Å². The minimum absolute atomic E-state index is 0.254. The number of hydrogen-bond acceptors (Lipinski definition) is 13. The van der Waals surface area contributed by atoms with E-state index in [9.17, 15) is 45.6 Å². The molecule has 9 N–H and O–H groups in total. The molecule has 0 aromatic heterocycles. The first-order valence-corrected chi connectivity index (χ1v) is 37.6. The lowest BCUT2D eigenvalue weighted by Crippen LogP contribution is -2.65. The second kappa shape index (κ2) is 62.2. The van der Waals surface area contributed by atoms with Gasteiger partial charge in [0.25, 0.3) is 0 Å². The molecule has 14 heteroatoms. The molecule has 2 aliphatic heterocycles. The fourth-order valence-electron chi connectivity index (χ4n) is 11.8. The Kier molecular flexibility index (Phi) is 57.3. The summed E-state index contributed by atoms with van der Waals surface area (Å²) in [5.41, 5.74) is 0. The molecule has 0 bridgehead atoms. The van der Waals surface area contributed by atoms with E-state index in [1.807, 2.05) is 6.08 Å². The molecular weight excluding hydrogens is 1170 g/mol. The summed E-state index contributed by atoms with van der Waals surface area (Å²) in [6.45, 7) is 2.69. The Balaban J connectivity index is 1.67. The van der Waals surface area contributed by atoms with Crippen LogP contribution in [0.1, 0.15) is 290 Å². The highest BCUT2D eigenvalue weighted by molar-refractivity contribution is 5.76. The van der Waals surface area contributed by atoms with E-state index in [4.69, 9.17) is 18.9 Å². The summed E-state index contributed by atoms with van der Waals surface area (Å²) in [6.07, 6.45) is 72.9. The first-order chi connectivity index (χ1) is 45.6. The molecule has 0 saturated carbocycles. The third kappa shape index (κ3) is 45.7. The number of rotatable bonds is 61. The predicted octanol–water partition coefficient (Wildman–Crippen LogP) is 16.3. The Morgan fingerprint density at radius 3 is 1.18 bits per heavy atom. The Hall–Kier alpha value is -3.35. The molecule has 2 fully saturated rings. The van der Waals surface area contributed by atoms with E-state index in [1.165, 1.54) is 173 Å². The molecule has 14 nitrogen and oxygen atoms in total. The van der Waals surface area contributed by atoms with Gasteiger partial charge in [0, 0.05) is 6.42 Å². The molecule has 0 radical (unpaired) electrons. The highest BCUT2D eigenvalue weighted by atomic mass is 16.7. The van der Waals surface area contributed by atoms with Gasteiger partial charge in [-0.1, -0.05) is 303 Å². The molecular formula is C79H137NO13. The van der Waals surface area contributed by atoms with Gasteiger partial charge in [0.05, 0.1) is 32.0 Å². The zero-order valence-corrected chi connectivity index (χ0v) is 58.5. The van der Waals surface area contributed by atoms with E-state index in [0.717, 1.165) is 83.5 Å². The van der Waals surface area contributed by atoms with E-state index < -0.39 is 86.8 Å². The Labute approximate surface area is 566 Å². The van der Waals surface area contributed by atoms with Gasteiger partial charge in [-0.15, -0.1) is 0 Å². The number of aliphatic hydroxyl groups excluding tert-OH is 8. The zero-order chi connectivity index (χ0) is 67.3. The minimum Gasteiger partial charge on any atom is -0.394 e. The van der Waals surface area contributed by atoms with E-state index in [-0.39, 0.29) is 18.9 Å². The molecule has 2 aliphatic rings. The van der Waals surface area contributed by atoms with Crippen LogP contribution in [0.2, 0.25) is 0 Å². The van der Waals surface area contributed by atoms with Crippen LogP contribution in [0.5, 0.6) is 0 Å². The van der Waals surface area contributed by atoms with E-state index in [1.54, 1.807) is 6.08 Å². The van der Waals surface area contributed by atoms with Gasteiger partial charge < -0.3 is 65.1 Å². The van der Waals surface area contributed by atoms with Crippen molar-refractivity contribution < 1.29 is 64.6 Å². The summed E-state index contributed by atoms with van der Waals surface area (Å²) < 4.78 is 22.9. The average molecular weight is 1310 g/mol. The first-order valence-electron chi connectivity index (χ1n) is 37.6. The normalized spacial score (nSPS) is 23.2. The fraction of sp³-hybridized carbons (Fsp3) is 0.759. The average Bonchev–Trinajstić information content (AvgIpc) is 0.852. The molecule has 1 amide bonds. The zero-order valence-electron chi connectivity index (χ0n) is 58.5. The van der Waals surface area contributed by atoms with Crippen LogP contribution in [0, 0.1) is 0 Å². The molecule has 93 heavy (non-hydrogen) atoms. The summed E-state index contributed by atoms with van der Waals surface area (Å²) in [6, 6.07) is -0.942. The Morgan fingerprint density at radius 2 is 0.753 bits per heavy atom. The van der Waals surface area contributed by atoms with Gasteiger partial charge in [-0.05, 0) is 89.9 Å². The van der Waals surface area contributed by atoms with Crippen LogP contribution < -0.4 is 5.32 Å². The third-order valence-electron chi connectivity index (χ3n) is 17.7. The number of hydrogen-bond donors (Lipinski definition) is 9. The summed E-state index contributed by atoms with van der Waals surface area (Å²) in [7, 11) is 0. The third-order valence-corrected chi connectivity index (χ3v) is 17.7. The smallest absolute Gasteiger partial charge is 0.220 e. The van der Waals surface area contributed by atoms with Gasteiger partial charge in [0.2, 0.25) is 5.91 Å². The van der Waals surface area contributed by atoms with Crippen molar-refractivity contribution in [3.63, 3.8) is 0 Å². The molecule has 0 aliphatic carbocycles. The number of carbonyl (C=O) groups excluding carboxylic acids is 1. The number of nitrogens with one attached hydrogen (secondary N) is 1. The van der Waals surface area contributed by atoms with Crippen LogP contribution in [0.25, 0.3) is 0 Å². The highest BCUT2D eigenvalue weighted by Crippen LogP contribution is 2.30. The lowest BCUT2D eigenvalue weighted by atomic mass is 9.97. The SMILES string of the molecule is CC/C=C\C/C=C\C/C=C\C/C=C\C/C=C\C/C=C\C/C=C\CCCCCCCCCCCCCC(=O)NC(COC1OC(CO)C(OC2OC(CO)C(O)C(O)C2O)C(O)C1O)C(O)/C=C/CC/C=C/CCCCCCCCCCCCCCCCCCCCCC. The van der Waals surface area contributed by atoms with Gasteiger partial charge in [-0.3, -0.25) is 4.79 Å². The molecule has 536 valence electrons. The van der Waals surface area contributed by atoms with Crippen LogP contribution in [-0.4, -0.2) is 140 Å². The summed E-state index contributed by atoms with van der Waals surface area (Å²) in [4.78, 5) is 13.4. The number of allylic oxidation sites excluding steroid dienone is 17. The van der Waals surface area contributed by atoms with E-state index >= 15 is 0 Å². The Bertz CT molecular complexity index is 1980. The second-order valence-electron chi connectivity index (χ2n) is 26.0. The summed E-state index contributed by atoms with van der Waals surface area (Å²) in [5.74, 6) is -0.254. The summed E-state index contributed by atoms with van der Waals surface area (Å²) in [5, 5.41) is 87.6. The van der Waals surface area contributed by atoms with Gasteiger partial charge in [-0.2, -0.15) is 0 Å². The van der Waals surface area contributed by atoms with Crippen molar-refractivity contribution in [3.05, 3.63) is 109 Å². The molecule has 0 aromatic carbocycles. The van der Waals surface area contributed by atoms with Gasteiger partial charge in [0.15, 0.2) is 12.6 Å². The maximum absolute atomic E-state index is 13.4. The summed E-state index contributed by atoms with van der Waals surface area (Å²) >= 11 is 0. The number of aliphatic hydroxyl groups is 8. The van der Waals surface area contributed by atoms with Crippen molar-refractivity contribution >= 4 is 5.91 Å². The number of amides is 1. The molecule has 2 heterocycles. The lowest BCUT2D eigenvalue weighted by molar-refractivity contribution is -0.359. The van der Waals surface area contributed by atoms with Crippen molar-refractivity contribution in [2.45, 2.75) is 364 Å². The molecule has 2 saturated heterocycles. The molecule has 12 atom stereocenters. The van der Waals surface area contributed by atoms with Crippen molar-refractivity contribution in [1.82, 2.24) is 5.32 Å². The molecule has 0 spiro atoms. The monoisotopic (exact) mass is 1310 g/mol. The largest absolute Gasteiger partial charge is 0.394 e. The van der Waals surface area contributed by atoms with Gasteiger partial charge >= 0.3 is 0 Å². The lowest BCUT2D eigenvalue weighted by Gasteiger charge is -2.46. The molecule has 12 unspecified atom stereocenters. The number of carbonyl (C=O) groups is 1. The van der Waals surface area contributed by atoms with Crippen LogP contribution in [0.15, 0.2) is 109 Å². The number of unbranched alkanes of at least 4 members (excludes halogenated alkanes) is 32. The first kappa shape index (κ1) is 85.7. The van der Waals surface area contributed by atoms with Crippen LogP contribution in [0.3, 0.4) is 0 Å². The van der Waals surface area contributed by atoms with Gasteiger partial charge in [-0.25, -0.2) is 0 Å². The maximum Gasteiger partial charge on any atom is 0.220 e. The highest BCUT2D eigenvalue weighted by Gasteiger charge is 2.51. The molecule has 2 rings (SSSR count).